The van der Waals surface area contributed by atoms with E-state index in [-0.39, 0.29) is 23.8 Å². The lowest BCUT2D eigenvalue weighted by molar-refractivity contribution is -0.132. The normalized spacial score (nSPS) is 12.6. The fourth-order valence-electron chi connectivity index (χ4n) is 2.40. The predicted octanol–water partition coefficient (Wildman–Crippen LogP) is 3.85. The number of likely N-dealkylation sites (N-methyl/N-ethyl adjacent to an activating group) is 1. The summed E-state index contributed by atoms with van der Waals surface area (Å²) in [4.78, 5) is 25.6. The highest BCUT2D eigenvalue weighted by atomic mass is 35.5. The maximum Gasteiger partial charge on any atom is 0.245 e. The number of rotatable bonds is 5. The maximum absolute atomic E-state index is 12.4. The van der Waals surface area contributed by atoms with Crippen LogP contribution < -0.4 is 5.32 Å². The first-order valence-electron chi connectivity index (χ1n) is 8.54. The highest BCUT2D eigenvalue weighted by molar-refractivity contribution is 6.30. The first kappa shape index (κ1) is 21.3. The number of halogens is 2. The molecule has 1 unspecified atom stereocenters. The van der Waals surface area contributed by atoms with Crippen LogP contribution in [0.1, 0.15) is 33.4 Å². The van der Waals surface area contributed by atoms with Crippen molar-refractivity contribution in [2.24, 2.45) is 0 Å². The summed E-state index contributed by atoms with van der Waals surface area (Å²) in [5.41, 5.74) is 1.40. The summed E-state index contributed by atoms with van der Waals surface area (Å²) in [7, 11) is 1.54. The summed E-state index contributed by atoms with van der Waals surface area (Å²) < 4.78 is 1.65. The Hall–Kier alpha value is -2.05. The number of hydrogen-bond acceptors (Lipinski definition) is 3. The monoisotopic (exact) mass is 410 g/mol. The van der Waals surface area contributed by atoms with E-state index in [1.165, 1.54) is 11.9 Å². The van der Waals surface area contributed by atoms with E-state index in [2.05, 4.69) is 10.4 Å². The summed E-state index contributed by atoms with van der Waals surface area (Å²) in [6, 6.07) is 8.99. The van der Waals surface area contributed by atoms with Gasteiger partial charge in [-0.25, -0.2) is 4.68 Å². The van der Waals surface area contributed by atoms with E-state index in [9.17, 15) is 9.59 Å². The van der Waals surface area contributed by atoms with Crippen LogP contribution in [0.25, 0.3) is 5.69 Å². The van der Waals surface area contributed by atoms with Gasteiger partial charge in [-0.3, -0.25) is 9.59 Å². The van der Waals surface area contributed by atoms with Gasteiger partial charge in [0.1, 0.15) is 11.2 Å². The molecule has 2 rings (SSSR count). The van der Waals surface area contributed by atoms with E-state index >= 15 is 0 Å². The summed E-state index contributed by atoms with van der Waals surface area (Å²) in [5, 5.41) is 7.40. The molecule has 0 bridgehead atoms. The predicted molar refractivity (Wildman–Crippen MR) is 109 cm³/mol. The van der Waals surface area contributed by atoms with Gasteiger partial charge < -0.3 is 10.2 Å². The number of amides is 2. The molecule has 2 amide bonds. The van der Waals surface area contributed by atoms with E-state index in [0.29, 0.717) is 10.8 Å². The molecular formula is C19H24Cl2N4O2. The Kier molecular flexibility index (Phi) is 6.54. The molecule has 0 aliphatic heterocycles. The van der Waals surface area contributed by atoms with Crippen molar-refractivity contribution in [1.29, 1.82) is 0 Å². The van der Waals surface area contributed by atoms with Gasteiger partial charge in [0.15, 0.2) is 0 Å². The van der Waals surface area contributed by atoms with Crippen molar-refractivity contribution in [2.45, 2.75) is 38.5 Å². The molecule has 1 aromatic carbocycles. The molecule has 146 valence electrons. The second kappa shape index (κ2) is 8.31. The van der Waals surface area contributed by atoms with Crippen molar-refractivity contribution in [1.82, 2.24) is 14.7 Å². The Labute approximate surface area is 169 Å². The number of anilines is 1. The summed E-state index contributed by atoms with van der Waals surface area (Å²) in [6.45, 7) is 7.60. The van der Waals surface area contributed by atoms with Gasteiger partial charge >= 0.3 is 0 Å². The third kappa shape index (κ3) is 5.47. The van der Waals surface area contributed by atoms with Crippen LogP contribution in [0.3, 0.4) is 0 Å². The Bertz CT molecular complexity index is 823. The van der Waals surface area contributed by atoms with Gasteiger partial charge in [-0.2, -0.15) is 5.10 Å². The Morgan fingerprint density at radius 2 is 1.85 bits per heavy atom. The third-order valence-corrected chi connectivity index (χ3v) is 4.35. The van der Waals surface area contributed by atoms with Gasteiger partial charge in [-0.1, -0.05) is 32.4 Å². The molecule has 1 N–H and O–H groups in total. The number of carbonyl (C=O) groups excluding carboxylic acids is 2. The SMILES string of the molecule is CC(Cl)C(=O)N(C)CC(=O)Nc1cc(C(C)(C)C)nn1-c1ccc(Cl)cc1. The standard InChI is InChI=1S/C19H24Cl2N4O2/c1-12(20)18(27)24(5)11-17(26)22-16-10-15(19(2,3)4)23-25(16)14-8-6-13(21)7-9-14/h6-10,12H,11H2,1-5H3,(H,22,26). The quantitative estimate of drug-likeness (QED) is 0.761. The number of benzene rings is 1. The smallest absolute Gasteiger partial charge is 0.245 e. The average Bonchev–Trinajstić information content (AvgIpc) is 2.98. The topological polar surface area (TPSA) is 67.2 Å². The van der Waals surface area contributed by atoms with E-state index in [1.54, 1.807) is 23.7 Å². The Morgan fingerprint density at radius 3 is 2.37 bits per heavy atom. The van der Waals surface area contributed by atoms with Gasteiger partial charge in [0.25, 0.3) is 0 Å². The Balaban J connectivity index is 2.29. The molecule has 0 saturated carbocycles. The Morgan fingerprint density at radius 1 is 1.26 bits per heavy atom. The number of hydrogen-bond donors (Lipinski definition) is 1. The lowest BCUT2D eigenvalue weighted by Crippen LogP contribution is -2.38. The zero-order valence-corrected chi connectivity index (χ0v) is 17.6. The van der Waals surface area contributed by atoms with Crippen molar-refractivity contribution < 1.29 is 9.59 Å². The zero-order valence-electron chi connectivity index (χ0n) is 16.1. The van der Waals surface area contributed by atoms with Crippen LogP contribution in [0.4, 0.5) is 5.82 Å². The molecule has 0 spiro atoms. The minimum absolute atomic E-state index is 0.105. The molecule has 0 fully saturated rings. The molecular weight excluding hydrogens is 387 g/mol. The maximum atomic E-state index is 12.4. The summed E-state index contributed by atoms with van der Waals surface area (Å²) in [6.07, 6.45) is 0. The molecule has 1 aromatic heterocycles. The van der Waals surface area contributed by atoms with Crippen LogP contribution in [0.2, 0.25) is 5.02 Å². The average molecular weight is 411 g/mol. The van der Waals surface area contributed by atoms with Crippen LogP contribution >= 0.6 is 23.2 Å². The molecule has 8 heteroatoms. The summed E-state index contributed by atoms with van der Waals surface area (Å²) >= 11 is 11.8. The largest absolute Gasteiger partial charge is 0.335 e. The van der Waals surface area contributed by atoms with Crippen LogP contribution in [0.15, 0.2) is 30.3 Å². The first-order chi connectivity index (χ1) is 12.5. The second-order valence-electron chi connectivity index (χ2n) is 7.41. The van der Waals surface area contributed by atoms with Crippen LogP contribution in [0.5, 0.6) is 0 Å². The molecule has 0 saturated heterocycles. The highest BCUT2D eigenvalue weighted by Crippen LogP contribution is 2.26. The number of aromatic nitrogens is 2. The van der Waals surface area contributed by atoms with Crippen molar-refractivity contribution in [3.63, 3.8) is 0 Å². The van der Waals surface area contributed by atoms with Gasteiger partial charge in [0, 0.05) is 23.6 Å². The zero-order chi connectivity index (χ0) is 20.4. The van der Waals surface area contributed by atoms with Crippen LogP contribution in [-0.2, 0) is 15.0 Å². The van der Waals surface area contributed by atoms with Gasteiger partial charge in [0.05, 0.1) is 17.9 Å². The lowest BCUT2D eigenvalue weighted by atomic mass is 9.92. The summed E-state index contributed by atoms with van der Waals surface area (Å²) in [5.74, 6) is -0.126. The fourth-order valence-corrected chi connectivity index (χ4v) is 2.69. The number of alkyl halides is 1. The lowest BCUT2D eigenvalue weighted by Gasteiger charge is -2.18. The first-order valence-corrected chi connectivity index (χ1v) is 9.36. The van der Waals surface area contributed by atoms with Crippen LogP contribution in [-0.4, -0.2) is 45.5 Å². The van der Waals surface area contributed by atoms with E-state index in [1.807, 2.05) is 39.0 Å². The number of nitrogens with zero attached hydrogens (tertiary/aromatic N) is 3. The molecule has 1 atom stereocenters. The fraction of sp³-hybridized carbons (Fsp3) is 0.421. The van der Waals surface area contributed by atoms with E-state index < -0.39 is 5.38 Å². The second-order valence-corrected chi connectivity index (χ2v) is 8.50. The third-order valence-electron chi connectivity index (χ3n) is 3.91. The molecule has 0 aliphatic carbocycles. The molecule has 0 radical (unpaired) electrons. The minimum Gasteiger partial charge on any atom is -0.335 e. The number of carbonyl (C=O) groups is 2. The minimum atomic E-state index is -0.685. The number of nitrogens with one attached hydrogen (secondary N) is 1. The molecule has 1 heterocycles. The van der Waals surface area contributed by atoms with Crippen molar-refractivity contribution in [3.8, 4) is 5.69 Å². The van der Waals surface area contributed by atoms with Crippen molar-refractivity contribution >= 4 is 40.8 Å². The van der Waals surface area contributed by atoms with Crippen molar-refractivity contribution in [3.05, 3.63) is 41.0 Å². The molecule has 6 nitrogen and oxygen atoms in total. The highest BCUT2D eigenvalue weighted by Gasteiger charge is 2.23. The van der Waals surface area contributed by atoms with E-state index in [4.69, 9.17) is 23.2 Å². The van der Waals surface area contributed by atoms with Crippen LogP contribution in [0, 0.1) is 0 Å². The van der Waals surface area contributed by atoms with Crippen molar-refractivity contribution in [2.75, 3.05) is 18.9 Å². The molecule has 0 aliphatic rings. The van der Waals surface area contributed by atoms with Gasteiger partial charge in [-0.15, -0.1) is 11.6 Å². The molecule has 27 heavy (non-hydrogen) atoms. The molecule has 2 aromatic rings. The van der Waals surface area contributed by atoms with Gasteiger partial charge in [-0.05, 0) is 31.2 Å². The van der Waals surface area contributed by atoms with Gasteiger partial charge in [0.2, 0.25) is 11.8 Å². The van der Waals surface area contributed by atoms with E-state index in [0.717, 1.165) is 11.4 Å².